The van der Waals surface area contributed by atoms with E-state index in [0.29, 0.717) is 12.1 Å². The predicted molar refractivity (Wildman–Crippen MR) is 148 cm³/mol. The molecule has 3 aromatic carbocycles. The summed E-state index contributed by atoms with van der Waals surface area (Å²) in [5.74, 6) is -1.01. The first-order valence-corrected chi connectivity index (χ1v) is 14.3. The monoisotopic (exact) mass is 539 g/mol. The number of likely N-dealkylation sites (N-methyl/N-ethyl adjacent to an activating group) is 1. The van der Waals surface area contributed by atoms with E-state index < -0.39 is 21.9 Å². The second-order valence-corrected chi connectivity index (χ2v) is 11.2. The highest BCUT2D eigenvalue weighted by Gasteiger charge is 2.30. The zero-order valence-electron chi connectivity index (χ0n) is 21.9. The number of amides is 2. The molecular formula is C29H34FN3O4S. The summed E-state index contributed by atoms with van der Waals surface area (Å²) in [6.07, 6.45) is 1.66. The number of hydrogen-bond donors (Lipinski definition) is 1. The number of nitrogens with one attached hydrogen (secondary N) is 1. The molecule has 0 bridgehead atoms. The molecule has 7 nitrogen and oxygen atoms in total. The summed E-state index contributed by atoms with van der Waals surface area (Å²) in [6, 6.07) is 21.7. The zero-order valence-corrected chi connectivity index (χ0v) is 22.7. The Morgan fingerprint density at radius 1 is 0.947 bits per heavy atom. The standard InChI is InChI=1S/C29H34FN3O4S/c1-22-9-7-12-24(19-22)21-32(27(29(35)31-2)20-23-10-5-4-6-11-23)28(34)13-8-18-33(38(3,36)37)26-16-14-25(30)15-17-26/h4-7,9-12,14-17,19,27H,8,13,18,20-21H2,1-3H3,(H,31,35)/t27-/m0/s1. The van der Waals surface area contributed by atoms with Gasteiger partial charge in [-0.25, -0.2) is 12.8 Å². The number of benzene rings is 3. The van der Waals surface area contributed by atoms with Gasteiger partial charge < -0.3 is 10.2 Å². The lowest BCUT2D eigenvalue weighted by Gasteiger charge is -2.31. The summed E-state index contributed by atoms with van der Waals surface area (Å²) >= 11 is 0. The lowest BCUT2D eigenvalue weighted by atomic mass is 10.0. The van der Waals surface area contributed by atoms with Gasteiger partial charge in [0, 0.05) is 33.0 Å². The number of aryl methyl sites for hydroxylation is 1. The minimum atomic E-state index is -3.65. The molecule has 0 saturated heterocycles. The first-order valence-electron chi connectivity index (χ1n) is 12.4. The third-order valence-corrected chi connectivity index (χ3v) is 7.41. The van der Waals surface area contributed by atoms with Crippen molar-refractivity contribution in [1.29, 1.82) is 0 Å². The average Bonchev–Trinajstić information content (AvgIpc) is 2.88. The molecule has 0 aromatic heterocycles. The summed E-state index contributed by atoms with van der Waals surface area (Å²) in [7, 11) is -2.11. The predicted octanol–water partition coefficient (Wildman–Crippen LogP) is 4.07. The van der Waals surface area contributed by atoms with E-state index in [1.165, 1.54) is 24.3 Å². The zero-order chi connectivity index (χ0) is 27.7. The molecule has 202 valence electrons. The Morgan fingerprint density at radius 2 is 1.61 bits per heavy atom. The Hall–Kier alpha value is -3.72. The minimum absolute atomic E-state index is 0.0291. The van der Waals surface area contributed by atoms with Gasteiger partial charge in [-0.2, -0.15) is 0 Å². The van der Waals surface area contributed by atoms with Crippen LogP contribution in [0.5, 0.6) is 0 Å². The number of carbonyl (C=O) groups excluding carboxylic acids is 2. The lowest BCUT2D eigenvalue weighted by Crippen LogP contribution is -2.49. The van der Waals surface area contributed by atoms with E-state index in [9.17, 15) is 22.4 Å². The van der Waals surface area contributed by atoms with Crippen molar-refractivity contribution in [3.8, 4) is 0 Å². The van der Waals surface area contributed by atoms with E-state index in [0.717, 1.165) is 27.3 Å². The topological polar surface area (TPSA) is 86.8 Å². The van der Waals surface area contributed by atoms with Gasteiger partial charge in [0.2, 0.25) is 21.8 Å². The molecule has 0 aliphatic carbocycles. The lowest BCUT2D eigenvalue weighted by molar-refractivity contribution is -0.141. The fraction of sp³-hybridized carbons (Fsp3) is 0.310. The number of hydrogen-bond acceptors (Lipinski definition) is 4. The Kier molecular flexibility index (Phi) is 10.0. The summed E-state index contributed by atoms with van der Waals surface area (Å²) < 4.78 is 39.4. The quantitative estimate of drug-likeness (QED) is 0.376. The number of halogens is 1. The van der Waals surface area contributed by atoms with Crippen molar-refractivity contribution >= 4 is 27.5 Å². The van der Waals surface area contributed by atoms with E-state index in [4.69, 9.17) is 0 Å². The highest BCUT2D eigenvalue weighted by molar-refractivity contribution is 7.92. The van der Waals surface area contributed by atoms with Crippen LogP contribution >= 0.6 is 0 Å². The van der Waals surface area contributed by atoms with Gasteiger partial charge in [0.05, 0.1) is 11.9 Å². The number of anilines is 1. The number of rotatable bonds is 12. The number of sulfonamides is 1. The molecule has 1 N–H and O–H groups in total. The van der Waals surface area contributed by atoms with Gasteiger partial charge in [-0.1, -0.05) is 60.2 Å². The maximum atomic E-state index is 13.6. The van der Waals surface area contributed by atoms with Crippen molar-refractivity contribution in [2.45, 2.75) is 38.8 Å². The van der Waals surface area contributed by atoms with Gasteiger partial charge in [0.25, 0.3) is 0 Å². The summed E-state index contributed by atoms with van der Waals surface area (Å²) in [4.78, 5) is 28.2. The fourth-order valence-corrected chi connectivity index (χ4v) is 5.30. The summed E-state index contributed by atoms with van der Waals surface area (Å²) in [6.45, 7) is 2.24. The first-order chi connectivity index (χ1) is 18.1. The van der Waals surface area contributed by atoms with Crippen LogP contribution in [-0.2, 0) is 32.6 Å². The van der Waals surface area contributed by atoms with Crippen LogP contribution in [0.25, 0.3) is 0 Å². The molecule has 0 saturated carbocycles. The Bertz CT molecular complexity index is 1330. The molecule has 2 amide bonds. The van der Waals surface area contributed by atoms with Crippen LogP contribution in [0.3, 0.4) is 0 Å². The Labute approximate surface area is 224 Å². The number of nitrogens with zero attached hydrogens (tertiary/aromatic N) is 2. The summed E-state index contributed by atoms with van der Waals surface area (Å²) in [5.41, 5.74) is 3.18. The van der Waals surface area contributed by atoms with E-state index >= 15 is 0 Å². The van der Waals surface area contributed by atoms with Crippen molar-refractivity contribution in [2.24, 2.45) is 0 Å². The SMILES string of the molecule is CNC(=O)[C@H](Cc1ccccc1)N(Cc1cccc(C)c1)C(=O)CCCN(c1ccc(F)cc1)S(C)(=O)=O. The van der Waals surface area contributed by atoms with E-state index in [1.807, 2.05) is 61.5 Å². The number of carbonyl (C=O) groups is 2. The molecule has 0 aliphatic rings. The van der Waals surface area contributed by atoms with Crippen molar-refractivity contribution in [3.05, 3.63) is 101 Å². The molecule has 0 radical (unpaired) electrons. The largest absolute Gasteiger partial charge is 0.357 e. The second-order valence-electron chi connectivity index (χ2n) is 9.25. The van der Waals surface area contributed by atoms with Crippen LogP contribution in [0.15, 0.2) is 78.9 Å². The molecule has 0 spiro atoms. The molecule has 0 heterocycles. The Morgan fingerprint density at radius 3 is 2.21 bits per heavy atom. The molecule has 3 aromatic rings. The highest BCUT2D eigenvalue weighted by Crippen LogP contribution is 2.21. The van der Waals surface area contributed by atoms with Crippen molar-refractivity contribution in [1.82, 2.24) is 10.2 Å². The van der Waals surface area contributed by atoms with Crippen LogP contribution in [0, 0.1) is 12.7 Å². The van der Waals surface area contributed by atoms with Gasteiger partial charge in [-0.3, -0.25) is 13.9 Å². The van der Waals surface area contributed by atoms with E-state index in [-0.39, 0.29) is 37.7 Å². The maximum absolute atomic E-state index is 13.6. The smallest absolute Gasteiger partial charge is 0.242 e. The Balaban J connectivity index is 1.84. The molecule has 3 rings (SSSR count). The van der Waals surface area contributed by atoms with Gasteiger partial charge in [0.15, 0.2) is 0 Å². The van der Waals surface area contributed by atoms with Gasteiger partial charge in [-0.15, -0.1) is 0 Å². The van der Waals surface area contributed by atoms with Gasteiger partial charge >= 0.3 is 0 Å². The van der Waals surface area contributed by atoms with Crippen LogP contribution < -0.4 is 9.62 Å². The molecular weight excluding hydrogens is 505 g/mol. The second kappa shape index (κ2) is 13.2. The van der Waals surface area contributed by atoms with Crippen LogP contribution in [-0.4, -0.2) is 51.0 Å². The normalized spacial score (nSPS) is 12.0. The van der Waals surface area contributed by atoms with Crippen molar-refractivity contribution < 1.29 is 22.4 Å². The molecule has 0 aliphatic heterocycles. The van der Waals surface area contributed by atoms with Gasteiger partial charge in [-0.05, 0) is 48.7 Å². The van der Waals surface area contributed by atoms with Crippen LogP contribution in [0.2, 0.25) is 0 Å². The fourth-order valence-electron chi connectivity index (χ4n) is 4.34. The van der Waals surface area contributed by atoms with E-state index in [1.54, 1.807) is 11.9 Å². The average molecular weight is 540 g/mol. The molecule has 1 atom stereocenters. The van der Waals surface area contributed by atoms with Crippen molar-refractivity contribution in [3.63, 3.8) is 0 Å². The third-order valence-electron chi connectivity index (χ3n) is 6.22. The first kappa shape index (κ1) is 28.8. The molecule has 0 fully saturated rings. The minimum Gasteiger partial charge on any atom is -0.357 e. The van der Waals surface area contributed by atoms with Crippen molar-refractivity contribution in [2.75, 3.05) is 24.2 Å². The molecule has 9 heteroatoms. The molecule has 0 unspecified atom stereocenters. The summed E-state index contributed by atoms with van der Waals surface area (Å²) in [5, 5.41) is 2.69. The molecule has 38 heavy (non-hydrogen) atoms. The highest BCUT2D eigenvalue weighted by atomic mass is 32.2. The van der Waals surface area contributed by atoms with E-state index in [2.05, 4.69) is 5.32 Å². The van der Waals surface area contributed by atoms with Gasteiger partial charge in [0.1, 0.15) is 11.9 Å². The maximum Gasteiger partial charge on any atom is 0.242 e. The van der Waals surface area contributed by atoms with Crippen LogP contribution in [0.4, 0.5) is 10.1 Å². The van der Waals surface area contributed by atoms with Crippen LogP contribution in [0.1, 0.15) is 29.5 Å². The third kappa shape index (κ3) is 8.14.